The van der Waals surface area contributed by atoms with Gasteiger partial charge in [0.05, 0.1) is 24.6 Å². The molecule has 0 radical (unpaired) electrons. The zero-order chi connectivity index (χ0) is 24.7. The summed E-state index contributed by atoms with van der Waals surface area (Å²) in [6.45, 7) is 5.79. The molecule has 2 amide bonds. The predicted molar refractivity (Wildman–Crippen MR) is 141 cm³/mol. The number of para-hydroxylation sites is 1. The van der Waals surface area contributed by atoms with Gasteiger partial charge < -0.3 is 20.3 Å². The molecule has 186 valence electrons. The summed E-state index contributed by atoms with van der Waals surface area (Å²) in [5.41, 5.74) is 4.24. The third-order valence-corrected chi connectivity index (χ3v) is 6.40. The molecule has 0 atom stereocenters. The average molecular weight is 488 g/mol. The number of urea groups is 1. The molecule has 0 aliphatic carbocycles. The van der Waals surface area contributed by atoms with Crippen LogP contribution in [0.1, 0.15) is 17.7 Å². The summed E-state index contributed by atoms with van der Waals surface area (Å²) in [6, 6.07) is 19.6. The van der Waals surface area contributed by atoms with Crippen molar-refractivity contribution in [3.63, 3.8) is 0 Å². The molecule has 0 saturated carbocycles. The molecule has 36 heavy (non-hydrogen) atoms. The Morgan fingerprint density at radius 3 is 2.61 bits per heavy atom. The zero-order valence-corrected chi connectivity index (χ0v) is 20.1. The molecule has 0 unspecified atom stereocenters. The molecule has 1 aromatic heterocycles. The summed E-state index contributed by atoms with van der Waals surface area (Å²) in [4.78, 5) is 21.9. The molecule has 8 heteroatoms. The summed E-state index contributed by atoms with van der Waals surface area (Å²) in [5, 5.41) is 5.34. The van der Waals surface area contributed by atoms with Crippen LogP contribution in [0.2, 0.25) is 0 Å². The van der Waals surface area contributed by atoms with Crippen LogP contribution in [0.15, 0.2) is 72.8 Å². The van der Waals surface area contributed by atoms with E-state index in [9.17, 15) is 9.18 Å². The number of benzene rings is 2. The van der Waals surface area contributed by atoms with Gasteiger partial charge in [0.15, 0.2) is 0 Å². The van der Waals surface area contributed by atoms with Gasteiger partial charge in [-0.15, -0.1) is 0 Å². The van der Waals surface area contributed by atoms with Crippen LogP contribution in [0.25, 0.3) is 5.57 Å². The van der Waals surface area contributed by atoms with Crippen LogP contribution in [0.3, 0.4) is 0 Å². The van der Waals surface area contributed by atoms with E-state index in [1.54, 1.807) is 12.1 Å². The molecule has 3 aromatic rings. The molecule has 2 N–H and O–H groups in total. The van der Waals surface area contributed by atoms with E-state index in [-0.39, 0.29) is 5.69 Å². The van der Waals surface area contributed by atoms with Gasteiger partial charge >= 0.3 is 6.03 Å². The highest BCUT2D eigenvalue weighted by Crippen LogP contribution is 2.25. The van der Waals surface area contributed by atoms with E-state index in [0.717, 1.165) is 69.4 Å². The topological polar surface area (TPSA) is 69.7 Å². The van der Waals surface area contributed by atoms with Crippen molar-refractivity contribution in [2.24, 2.45) is 0 Å². The SMILES string of the molecule is O=C(Nc1cccc(CN2CC=C(c3cccc(N4CCOCC4)n3)CC2)c1)Nc1ccccc1F. The Morgan fingerprint density at radius 1 is 0.972 bits per heavy atom. The van der Waals surface area contributed by atoms with Gasteiger partial charge in [-0.05, 0) is 54.0 Å². The first-order valence-corrected chi connectivity index (χ1v) is 12.3. The van der Waals surface area contributed by atoms with Crippen molar-refractivity contribution in [2.75, 3.05) is 54.9 Å². The quantitative estimate of drug-likeness (QED) is 0.513. The molecule has 0 bridgehead atoms. The fourth-order valence-corrected chi connectivity index (χ4v) is 4.51. The van der Waals surface area contributed by atoms with Gasteiger partial charge in [0.25, 0.3) is 0 Å². The number of carbonyl (C=O) groups is 1. The number of pyridine rings is 1. The second-order valence-electron chi connectivity index (χ2n) is 8.95. The van der Waals surface area contributed by atoms with Crippen LogP contribution < -0.4 is 15.5 Å². The minimum atomic E-state index is -0.477. The minimum absolute atomic E-state index is 0.145. The van der Waals surface area contributed by atoms with Crippen molar-refractivity contribution >= 4 is 28.8 Å². The van der Waals surface area contributed by atoms with Gasteiger partial charge in [0.2, 0.25) is 0 Å². The second kappa shape index (κ2) is 11.3. The van der Waals surface area contributed by atoms with Crippen LogP contribution >= 0.6 is 0 Å². The van der Waals surface area contributed by atoms with Gasteiger partial charge in [-0.1, -0.05) is 36.4 Å². The van der Waals surface area contributed by atoms with Crippen LogP contribution in [0.4, 0.5) is 26.4 Å². The number of carbonyl (C=O) groups excluding carboxylic acids is 1. The maximum atomic E-state index is 13.8. The lowest BCUT2D eigenvalue weighted by atomic mass is 10.0. The van der Waals surface area contributed by atoms with Crippen LogP contribution in [-0.2, 0) is 11.3 Å². The fourth-order valence-electron chi connectivity index (χ4n) is 4.51. The van der Waals surface area contributed by atoms with E-state index in [1.807, 2.05) is 24.3 Å². The van der Waals surface area contributed by atoms with Crippen molar-refractivity contribution < 1.29 is 13.9 Å². The molecule has 3 heterocycles. The lowest BCUT2D eigenvalue weighted by Crippen LogP contribution is -2.36. The van der Waals surface area contributed by atoms with Crippen molar-refractivity contribution in [3.8, 4) is 0 Å². The van der Waals surface area contributed by atoms with Crippen LogP contribution in [0.5, 0.6) is 0 Å². The fraction of sp³-hybridized carbons (Fsp3) is 0.286. The highest BCUT2D eigenvalue weighted by molar-refractivity contribution is 5.99. The number of ether oxygens (including phenoxy) is 1. The Bertz CT molecular complexity index is 1240. The smallest absolute Gasteiger partial charge is 0.323 e. The van der Waals surface area contributed by atoms with Crippen LogP contribution in [-0.4, -0.2) is 55.3 Å². The summed E-state index contributed by atoms with van der Waals surface area (Å²) in [6.07, 6.45) is 3.20. The molecule has 1 fully saturated rings. The average Bonchev–Trinajstić information content (AvgIpc) is 2.91. The number of morpholine rings is 1. The minimum Gasteiger partial charge on any atom is -0.378 e. The summed E-state index contributed by atoms with van der Waals surface area (Å²) in [7, 11) is 0. The van der Waals surface area contributed by atoms with E-state index < -0.39 is 11.8 Å². The molecule has 2 aliphatic rings. The Kier molecular flexibility index (Phi) is 7.54. The molecule has 2 aliphatic heterocycles. The molecule has 0 spiro atoms. The molecule has 1 saturated heterocycles. The number of aromatic nitrogens is 1. The van der Waals surface area contributed by atoms with Crippen molar-refractivity contribution in [2.45, 2.75) is 13.0 Å². The number of amides is 2. The third-order valence-electron chi connectivity index (χ3n) is 6.40. The normalized spacial score (nSPS) is 16.4. The number of rotatable bonds is 6. The number of hydrogen-bond acceptors (Lipinski definition) is 5. The van der Waals surface area contributed by atoms with Crippen LogP contribution in [0, 0.1) is 5.82 Å². The van der Waals surface area contributed by atoms with Gasteiger partial charge in [0, 0.05) is 38.4 Å². The van der Waals surface area contributed by atoms with E-state index in [1.165, 1.54) is 17.7 Å². The Morgan fingerprint density at radius 2 is 1.81 bits per heavy atom. The lowest BCUT2D eigenvalue weighted by molar-refractivity contribution is 0.122. The van der Waals surface area contributed by atoms with Gasteiger partial charge in [-0.2, -0.15) is 0 Å². The molecular weight excluding hydrogens is 457 g/mol. The Hall–Kier alpha value is -3.75. The molecular formula is C28H30FN5O2. The first kappa shape index (κ1) is 24.0. The van der Waals surface area contributed by atoms with Crippen molar-refractivity contribution in [1.82, 2.24) is 9.88 Å². The summed E-state index contributed by atoms with van der Waals surface area (Å²) < 4.78 is 19.3. The van der Waals surface area contributed by atoms with E-state index in [4.69, 9.17) is 9.72 Å². The summed E-state index contributed by atoms with van der Waals surface area (Å²) in [5.74, 6) is 0.546. The Labute approximate surface area is 210 Å². The first-order valence-electron chi connectivity index (χ1n) is 12.3. The van der Waals surface area contributed by atoms with E-state index in [0.29, 0.717) is 5.69 Å². The Balaban J connectivity index is 1.17. The van der Waals surface area contributed by atoms with E-state index >= 15 is 0 Å². The lowest BCUT2D eigenvalue weighted by Gasteiger charge is -2.29. The molecule has 7 nitrogen and oxygen atoms in total. The standard InChI is InChI=1S/C28H30FN5O2/c29-24-7-1-2-8-26(24)32-28(35)30-23-6-3-5-21(19-23)20-33-13-11-22(12-14-33)25-9-4-10-27(31-25)34-15-17-36-18-16-34/h1-11,19H,12-18,20H2,(H2,30,32,35). The number of halogens is 1. The third kappa shape index (κ3) is 6.08. The number of nitrogens with one attached hydrogen (secondary N) is 2. The first-order chi connectivity index (χ1) is 17.6. The summed E-state index contributed by atoms with van der Waals surface area (Å²) >= 11 is 0. The molecule has 5 rings (SSSR count). The number of anilines is 3. The monoisotopic (exact) mass is 487 g/mol. The highest BCUT2D eigenvalue weighted by atomic mass is 19.1. The van der Waals surface area contributed by atoms with Crippen molar-refractivity contribution in [1.29, 1.82) is 0 Å². The van der Waals surface area contributed by atoms with Gasteiger partial charge in [0.1, 0.15) is 11.6 Å². The van der Waals surface area contributed by atoms with Crippen molar-refractivity contribution in [3.05, 3.63) is 89.9 Å². The second-order valence-corrected chi connectivity index (χ2v) is 8.95. The van der Waals surface area contributed by atoms with Gasteiger partial charge in [-0.25, -0.2) is 14.2 Å². The number of nitrogens with zero attached hydrogens (tertiary/aromatic N) is 3. The number of hydrogen-bond donors (Lipinski definition) is 2. The predicted octanol–water partition coefficient (Wildman–Crippen LogP) is 4.99. The highest BCUT2D eigenvalue weighted by Gasteiger charge is 2.17. The maximum Gasteiger partial charge on any atom is 0.323 e. The van der Waals surface area contributed by atoms with E-state index in [2.05, 4.69) is 44.7 Å². The zero-order valence-electron chi connectivity index (χ0n) is 20.1. The van der Waals surface area contributed by atoms with Gasteiger partial charge in [-0.3, -0.25) is 4.90 Å². The maximum absolute atomic E-state index is 13.8. The molecule has 2 aromatic carbocycles. The largest absolute Gasteiger partial charge is 0.378 e.